The Morgan fingerprint density at radius 3 is 2.76 bits per heavy atom. The lowest BCUT2D eigenvalue weighted by atomic mass is 10.1. The second-order valence-electron chi connectivity index (χ2n) is 4.63. The maximum atomic E-state index is 13.9. The van der Waals surface area contributed by atoms with Gasteiger partial charge in [-0.2, -0.15) is 0 Å². The number of hydrogen-bond donors (Lipinski definition) is 2. The summed E-state index contributed by atoms with van der Waals surface area (Å²) in [5, 5.41) is 11.7. The highest BCUT2D eigenvalue weighted by atomic mass is 79.9. The molecular weight excluding hydrogens is 337 g/mol. The van der Waals surface area contributed by atoms with Gasteiger partial charge in [0.25, 0.3) is 0 Å². The summed E-state index contributed by atoms with van der Waals surface area (Å²) in [6.45, 7) is 0.415. The molecule has 0 aliphatic rings. The fourth-order valence-corrected chi connectivity index (χ4v) is 2.29. The number of anilines is 1. The average molecular weight is 352 g/mol. The summed E-state index contributed by atoms with van der Waals surface area (Å²) in [6, 6.07) is 12.2. The van der Waals surface area contributed by atoms with E-state index in [0.717, 1.165) is 5.69 Å². The third-order valence-corrected chi connectivity index (χ3v) is 3.61. The van der Waals surface area contributed by atoms with Crippen molar-refractivity contribution in [3.05, 3.63) is 63.9 Å². The molecule has 0 spiro atoms. The summed E-state index contributed by atoms with van der Waals surface area (Å²) in [5.74, 6) is -0.219. The minimum atomic E-state index is -0.260. The summed E-state index contributed by atoms with van der Waals surface area (Å²) in [7, 11) is 1.85. The van der Waals surface area contributed by atoms with Crippen molar-refractivity contribution in [2.45, 2.75) is 6.54 Å². The van der Waals surface area contributed by atoms with Gasteiger partial charge in [-0.3, -0.25) is 0 Å². The standard InChI is InChI=1S/C15H15BrFN3O/c1-20(9-11-5-6-12(16)8-14(11)17)13-4-2-3-10(7-13)15(18)19-21/h2-8,21H,9H2,1H3,(H2,18,19). The van der Waals surface area contributed by atoms with Gasteiger partial charge in [-0.05, 0) is 24.3 Å². The molecule has 0 radical (unpaired) electrons. The van der Waals surface area contributed by atoms with Crippen LogP contribution >= 0.6 is 15.9 Å². The van der Waals surface area contributed by atoms with E-state index in [0.29, 0.717) is 22.1 Å². The molecule has 110 valence electrons. The van der Waals surface area contributed by atoms with Crippen LogP contribution in [0.4, 0.5) is 10.1 Å². The fourth-order valence-electron chi connectivity index (χ4n) is 1.96. The first-order valence-electron chi connectivity index (χ1n) is 6.24. The topological polar surface area (TPSA) is 61.8 Å². The molecule has 0 amide bonds. The van der Waals surface area contributed by atoms with Crippen LogP contribution in [0.2, 0.25) is 0 Å². The second kappa shape index (κ2) is 6.58. The second-order valence-corrected chi connectivity index (χ2v) is 5.54. The van der Waals surface area contributed by atoms with Crippen LogP contribution in [0.5, 0.6) is 0 Å². The van der Waals surface area contributed by atoms with E-state index in [1.807, 2.05) is 18.0 Å². The van der Waals surface area contributed by atoms with Gasteiger partial charge in [-0.25, -0.2) is 4.39 Å². The zero-order valence-electron chi connectivity index (χ0n) is 11.4. The third kappa shape index (κ3) is 3.72. The Balaban J connectivity index is 2.22. The number of nitrogens with two attached hydrogens (primary N) is 1. The number of nitrogens with zero attached hydrogens (tertiary/aromatic N) is 2. The van der Waals surface area contributed by atoms with Gasteiger partial charge >= 0.3 is 0 Å². The number of amidine groups is 1. The van der Waals surface area contributed by atoms with Crippen LogP contribution in [0.1, 0.15) is 11.1 Å². The Kier molecular flexibility index (Phi) is 4.80. The summed E-state index contributed by atoms with van der Waals surface area (Å²) >= 11 is 3.24. The van der Waals surface area contributed by atoms with Crippen LogP contribution in [-0.4, -0.2) is 18.1 Å². The van der Waals surface area contributed by atoms with Crippen molar-refractivity contribution in [3.63, 3.8) is 0 Å². The molecular formula is C15H15BrFN3O. The van der Waals surface area contributed by atoms with Crippen LogP contribution in [0, 0.1) is 5.82 Å². The number of halogens is 2. The number of oxime groups is 1. The first-order valence-corrected chi connectivity index (χ1v) is 7.03. The summed E-state index contributed by atoms with van der Waals surface area (Å²) in [6.07, 6.45) is 0. The van der Waals surface area contributed by atoms with E-state index in [2.05, 4.69) is 21.1 Å². The smallest absolute Gasteiger partial charge is 0.170 e. The normalized spacial score (nSPS) is 11.5. The van der Waals surface area contributed by atoms with Crippen molar-refractivity contribution in [1.82, 2.24) is 0 Å². The lowest BCUT2D eigenvalue weighted by Crippen LogP contribution is -2.19. The predicted octanol–water partition coefficient (Wildman–Crippen LogP) is 3.32. The van der Waals surface area contributed by atoms with Crippen molar-refractivity contribution in [1.29, 1.82) is 0 Å². The highest BCUT2D eigenvalue weighted by molar-refractivity contribution is 9.10. The highest BCUT2D eigenvalue weighted by Crippen LogP contribution is 2.20. The molecule has 0 aliphatic heterocycles. The van der Waals surface area contributed by atoms with Gasteiger partial charge in [-0.15, -0.1) is 0 Å². The van der Waals surface area contributed by atoms with Crippen LogP contribution < -0.4 is 10.6 Å². The molecule has 21 heavy (non-hydrogen) atoms. The van der Waals surface area contributed by atoms with Crippen molar-refractivity contribution in [3.8, 4) is 0 Å². The monoisotopic (exact) mass is 351 g/mol. The molecule has 0 fully saturated rings. The van der Waals surface area contributed by atoms with E-state index in [1.165, 1.54) is 6.07 Å². The SMILES string of the molecule is CN(Cc1ccc(Br)cc1F)c1cccc(C(N)=NO)c1. The fraction of sp³-hybridized carbons (Fsp3) is 0.133. The molecule has 4 nitrogen and oxygen atoms in total. The molecule has 0 atom stereocenters. The lowest BCUT2D eigenvalue weighted by molar-refractivity contribution is 0.318. The van der Waals surface area contributed by atoms with Gasteiger partial charge in [0, 0.05) is 34.9 Å². The molecule has 6 heteroatoms. The third-order valence-electron chi connectivity index (χ3n) is 3.11. The van der Waals surface area contributed by atoms with E-state index in [9.17, 15) is 4.39 Å². The largest absolute Gasteiger partial charge is 0.409 e. The Bertz CT molecular complexity index is 676. The molecule has 2 aromatic carbocycles. The van der Waals surface area contributed by atoms with Gasteiger partial charge < -0.3 is 15.8 Å². The molecule has 0 aliphatic carbocycles. The van der Waals surface area contributed by atoms with E-state index < -0.39 is 0 Å². The van der Waals surface area contributed by atoms with Gasteiger partial charge in [0.15, 0.2) is 5.84 Å². The Labute approximate surface area is 130 Å². The number of rotatable bonds is 4. The zero-order valence-corrected chi connectivity index (χ0v) is 13.0. The predicted molar refractivity (Wildman–Crippen MR) is 85.2 cm³/mol. The van der Waals surface area contributed by atoms with Gasteiger partial charge in [0.05, 0.1) is 0 Å². The van der Waals surface area contributed by atoms with Gasteiger partial charge in [0.2, 0.25) is 0 Å². The quantitative estimate of drug-likeness (QED) is 0.384. The Morgan fingerprint density at radius 2 is 2.10 bits per heavy atom. The molecule has 0 heterocycles. The molecule has 0 unspecified atom stereocenters. The van der Waals surface area contributed by atoms with E-state index in [-0.39, 0.29) is 11.7 Å². The maximum Gasteiger partial charge on any atom is 0.170 e. The van der Waals surface area contributed by atoms with E-state index in [1.54, 1.807) is 30.3 Å². The van der Waals surface area contributed by atoms with E-state index in [4.69, 9.17) is 10.9 Å². The molecule has 0 saturated heterocycles. The Morgan fingerprint density at radius 1 is 1.33 bits per heavy atom. The first kappa shape index (κ1) is 15.3. The van der Waals surface area contributed by atoms with Crippen LogP contribution in [0.25, 0.3) is 0 Å². The van der Waals surface area contributed by atoms with Gasteiger partial charge in [-0.1, -0.05) is 39.3 Å². The lowest BCUT2D eigenvalue weighted by Gasteiger charge is -2.20. The average Bonchev–Trinajstić information content (AvgIpc) is 2.49. The number of benzene rings is 2. The summed E-state index contributed by atoms with van der Waals surface area (Å²) in [4.78, 5) is 1.89. The zero-order chi connectivity index (χ0) is 15.4. The minimum absolute atomic E-state index is 0.0417. The van der Waals surface area contributed by atoms with Crippen molar-refractivity contribution >= 4 is 27.5 Å². The first-order chi connectivity index (χ1) is 10.0. The molecule has 3 N–H and O–H groups in total. The Hall–Kier alpha value is -2.08. The van der Waals surface area contributed by atoms with Crippen molar-refractivity contribution < 1.29 is 9.60 Å². The van der Waals surface area contributed by atoms with E-state index >= 15 is 0 Å². The summed E-state index contributed by atoms with van der Waals surface area (Å²) < 4.78 is 14.6. The molecule has 0 saturated carbocycles. The highest BCUT2D eigenvalue weighted by Gasteiger charge is 2.08. The van der Waals surface area contributed by atoms with Crippen LogP contribution in [0.3, 0.4) is 0 Å². The number of hydrogen-bond acceptors (Lipinski definition) is 3. The van der Waals surface area contributed by atoms with Crippen molar-refractivity contribution in [2.75, 3.05) is 11.9 Å². The van der Waals surface area contributed by atoms with Gasteiger partial charge in [0.1, 0.15) is 5.82 Å². The maximum absolute atomic E-state index is 13.9. The summed E-state index contributed by atoms with van der Waals surface area (Å²) in [5.41, 5.74) is 7.62. The molecule has 0 aromatic heterocycles. The minimum Gasteiger partial charge on any atom is -0.409 e. The van der Waals surface area contributed by atoms with Crippen LogP contribution in [0.15, 0.2) is 52.1 Å². The molecule has 2 rings (SSSR count). The van der Waals surface area contributed by atoms with Crippen molar-refractivity contribution in [2.24, 2.45) is 10.9 Å². The molecule has 2 aromatic rings. The molecule has 0 bridgehead atoms. The van der Waals surface area contributed by atoms with Crippen LogP contribution in [-0.2, 0) is 6.54 Å².